The average Bonchev–Trinajstić information content (AvgIpc) is 2.83. The molecule has 1 aromatic carbocycles. The van der Waals surface area contributed by atoms with E-state index in [0.717, 1.165) is 19.3 Å². The van der Waals surface area contributed by atoms with Crippen LogP contribution < -0.4 is 19.9 Å². The molecule has 0 amide bonds. The summed E-state index contributed by atoms with van der Waals surface area (Å²) in [4.78, 5) is 0.0439. The summed E-state index contributed by atoms with van der Waals surface area (Å²) in [5.41, 5.74) is 6.08. The molecule has 118 valence electrons. The topological polar surface area (TPSA) is 90.6 Å². The minimum atomic E-state index is -3.68. The molecule has 3 N–H and O–H groups in total. The quantitative estimate of drug-likeness (QED) is 0.808. The normalized spacial score (nSPS) is 22.2. The summed E-state index contributed by atoms with van der Waals surface area (Å²) >= 11 is 0. The van der Waals surface area contributed by atoms with Crippen LogP contribution in [0.15, 0.2) is 17.0 Å². The van der Waals surface area contributed by atoms with Gasteiger partial charge in [0.1, 0.15) is 16.4 Å². The number of nitrogen functional groups attached to an aromatic ring is 1. The minimum Gasteiger partial charge on any atom is -0.495 e. The molecule has 2 rings (SSSR count). The molecular formula is C14H22N2O4S. The van der Waals surface area contributed by atoms with Crippen molar-refractivity contribution in [3.8, 4) is 11.5 Å². The van der Waals surface area contributed by atoms with Gasteiger partial charge in [-0.25, -0.2) is 13.1 Å². The summed E-state index contributed by atoms with van der Waals surface area (Å²) in [6.45, 7) is 2.06. The highest BCUT2D eigenvalue weighted by Crippen LogP contribution is 2.34. The lowest BCUT2D eigenvalue weighted by molar-refractivity contribution is 0.386. The second-order valence-electron chi connectivity index (χ2n) is 5.38. The van der Waals surface area contributed by atoms with Crippen molar-refractivity contribution in [1.29, 1.82) is 0 Å². The van der Waals surface area contributed by atoms with E-state index in [4.69, 9.17) is 15.2 Å². The van der Waals surface area contributed by atoms with Crippen LogP contribution in [-0.2, 0) is 10.0 Å². The maximum absolute atomic E-state index is 12.6. The van der Waals surface area contributed by atoms with Gasteiger partial charge in [-0.1, -0.05) is 13.3 Å². The Bertz CT molecular complexity index is 616. The second kappa shape index (κ2) is 6.11. The summed E-state index contributed by atoms with van der Waals surface area (Å²) in [5.74, 6) is 0.945. The Balaban J connectivity index is 2.37. The molecule has 1 aromatic rings. The molecule has 0 spiro atoms. The third-order valence-corrected chi connectivity index (χ3v) is 5.48. The lowest BCUT2D eigenvalue weighted by Crippen LogP contribution is -2.36. The van der Waals surface area contributed by atoms with Crippen molar-refractivity contribution in [2.45, 2.75) is 37.1 Å². The molecule has 1 aliphatic carbocycles. The Morgan fingerprint density at radius 3 is 2.38 bits per heavy atom. The summed E-state index contributed by atoms with van der Waals surface area (Å²) in [6, 6.07) is 2.82. The lowest BCUT2D eigenvalue weighted by atomic mass is 10.1. The second-order valence-corrected chi connectivity index (χ2v) is 7.06. The van der Waals surface area contributed by atoms with E-state index in [1.807, 2.05) is 0 Å². The zero-order valence-electron chi connectivity index (χ0n) is 12.5. The number of benzene rings is 1. The van der Waals surface area contributed by atoms with Gasteiger partial charge < -0.3 is 15.2 Å². The highest BCUT2D eigenvalue weighted by Gasteiger charge is 2.30. The predicted octanol–water partition coefficient (Wildman–Crippen LogP) is 1.75. The van der Waals surface area contributed by atoms with Crippen LogP contribution in [0.1, 0.15) is 26.2 Å². The average molecular weight is 314 g/mol. The minimum absolute atomic E-state index is 0.0389. The summed E-state index contributed by atoms with van der Waals surface area (Å²) < 4.78 is 38.2. The van der Waals surface area contributed by atoms with Crippen molar-refractivity contribution < 1.29 is 17.9 Å². The first-order valence-electron chi connectivity index (χ1n) is 6.93. The number of ether oxygens (including phenoxy) is 2. The predicted molar refractivity (Wildman–Crippen MR) is 81.1 cm³/mol. The first-order valence-corrected chi connectivity index (χ1v) is 8.41. The van der Waals surface area contributed by atoms with E-state index in [2.05, 4.69) is 11.6 Å². The van der Waals surface area contributed by atoms with Gasteiger partial charge in [-0.15, -0.1) is 0 Å². The van der Waals surface area contributed by atoms with Crippen LogP contribution in [0.3, 0.4) is 0 Å². The maximum atomic E-state index is 12.6. The molecule has 21 heavy (non-hydrogen) atoms. The van der Waals surface area contributed by atoms with E-state index < -0.39 is 10.0 Å². The van der Waals surface area contributed by atoms with Crippen LogP contribution in [0.25, 0.3) is 0 Å². The molecule has 0 saturated heterocycles. The van der Waals surface area contributed by atoms with Crippen molar-refractivity contribution in [1.82, 2.24) is 4.72 Å². The number of nitrogens with one attached hydrogen (secondary N) is 1. The molecule has 7 heteroatoms. The molecule has 1 fully saturated rings. The number of sulfonamides is 1. The molecular weight excluding hydrogens is 292 g/mol. The molecule has 2 atom stereocenters. The zero-order chi connectivity index (χ0) is 15.6. The zero-order valence-corrected chi connectivity index (χ0v) is 13.4. The SMILES string of the molecule is COc1cc(OC)c(S(=O)(=O)NC2CCCC2C)cc1N. The summed E-state index contributed by atoms with van der Waals surface area (Å²) in [6.07, 6.45) is 2.93. The van der Waals surface area contributed by atoms with Crippen molar-refractivity contribution in [2.75, 3.05) is 20.0 Å². The standard InChI is InChI=1S/C14H22N2O4S/c1-9-5-4-6-11(9)16-21(17,18)14-7-10(15)12(19-2)8-13(14)20-3/h7-9,11,16H,4-6,15H2,1-3H3. The monoisotopic (exact) mass is 314 g/mol. The van der Waals surface area contributed by atoms with Crippen LogP contribution >= 0.6 is 0 Å². The molecule has 0 aliphatic heterocycles. The molecule has 0 bridgehead atoms. The number of hydrogen-bond donors (Lipinski definition) is 2. The van der Waals surface area contributed by atoms with Gasteiger partial charge in [0.15, 0.2) is 0 Å². The van der Waals surface area contributed by atoms with Gasteiger partial charge in [0, 0.05) is 12.1 Å². The lowest BCUT2D eigenvalue weighted by Gasteiger charge is -2.19. The van der Waals surface area contributed by atoms with Crippen molar-refractivity contribution in [2.24, 2.45) is 5.92 Å². The van der Waals surface area contributed by atoms with Crippen LogP contribution in [0, 0.1) is 5.92 Å². The summed E-state index contributed by atoms with van der Waals surface area (Å²) in [5, 5.41) is 0. The van der Waals surface area contributed by atoms with Crippen LogP contribution in [-0.4, -0.2) is 28.7 Å². The number of anilines is 1. The molecule has 0 aromatic heterocycles. The molecule has 2 unspecified atom stereocenters. The fourth-order valence-electron chi connectivity index (χ4n) is 2.69. The number of hydrogen-bond acceptors (Lipinski definition) is 5. The first kappa shape index (κ1) is 15.9. The van der Waals surface area contributed by atoms with Crippen molar-refractivity contribution >= 4 is 15.7 Å². The number of nitrogens with two attached hydrogens (primary N) is 1. The van der Waals surface area contributed by atoms with E-state index in [0.29, 0.717) is 11.7 Å². The Morgan fingerprint density at radius 2 is 1.86 bits per heavy atom. The van der Waals surface area contributed by atoms with E-state index in [9.17, 15) is 8.42 Å². The van der Waals surface area contributed by atoms with E-state index in [-0.39, 0.29) is 22.4 Å². The van der Waals surface area contributed by atoms with Gasteiger partial charge in [0.25, 0.3) is 0 Å². The Labute approximate surface area is 125 Å². The molecule has 0 heterocycles. The van der Waals surface area contributed by atoms with Gasteiger partial charge in [-0.05, 0) is 24.8 Å². The van der Waals surface area contributed by atoms with Gasteiger partial charge in [-0.2, -0.15) is 0 Å². The van der Waals surface area contributed by atoms with Crippen LogP contribution in [0.2, 0.25) is 0 Å². The van der Waals surface area contributed by atoms with Gasteiger partial charge in [0.05, 0.1) is 19.9 Å². The highest BCUT2D eigenvalue weighted by molar-refractivity contribution is 7.89. The van der Waals surface area contributed by atoms with Crippen molar-refractivity contribution in [3.63, 3.8) is 0 Å². The number of methoxy groups -OCH3 is 2. The highest BCUT2D eigenvalue weighted by atomic mass is 32.2. The smallest absolute Gasteiger partial charge is 0.244 e. The number of rotatable bonds is 5. The van der Waals surface area contributed by atoms with Crippen LogP contribution in [0.5, 0.6) is 11.5 Å². The van der Waals surface area contributed by atoms with E-state index >= 15 is 0 Å². The van der Waals surface area contributed by atoms with Gasteiger partial charge >= 0.3 is 0 Å². The van der Waals surface area contributed by atoms with E-state index in [1.54, 1.807) is 0 Å². The largest absolute Gasteiger partial charge is 0.495 e. The van der Waals surface area contributed by atoms with Crippen LogP contribution in [0.4, 0.5) is 5.69 Å². The third-order valence-electron chi connectivity index (χ3n) is 3.97. The molecule has 6 nitrogen and oxygen atoms in total. The third kappa shape index (κ3) is 3.24. The van der Waals surface area contributed by atoms with E-state index in [1.165, 1.54) is 26.4 Å². The maximum Gasteiger partial charge on any atom is 0.244 e. The molecule has 1 saturated carbocycles. The fourth-order valence-corrected chi connectivity index (χ4v) is 4.25. The molecule has 0 radical (unpaired) electrons. The Hall–Kier alpha value is -1.47. The fraction of sp³-hybridized carbons (Fsp3) is 0.571. The van der Waals surface area contributed by atoms with Gasteiger partial charge in [0.2, 0.25) is 10.0 Å². The first-order chi connectivity index (χ1) is 9.89. The van der Waals surface area contributed by atoms with Crippen molar-refractivity contribution in [3.05, 3.63) is 12.1 Å². The molecule has 1 aliphatic rings. The Morgan fingerprint density at radius 1 is 1.19 bits per heavy atom. The summed E-state index contributed by atoms with van der Waals surface area (Å²) in [7, 11) is -0.789. The Kier molecular flexibility index (Phi) is 4.63. The van der Waals surface area contributed by atoms with Gasteiger partial charge in [-0.3, -0.25) is 0 Å².